The molecule has 0 amide bonds. The highest BCUT2D eigenvalue weighted by Crippen LogP contribution is 2.35. The molecule has 0 bridgehead atoms. The van der Waals surface area contributed by atoms with E-state index in [0.29, 0.717) is 6.07 Å². The summed E-state index contributed by atoms with van der Waals surface area (Å²) in [5.41, 5.74) is -2.04. The van der Waals surface area contributed by atoms with Crippen LogP contribution in [-0.4, -0.2) is 27.5 Å². The number of rotatable bonds is 5. The van der Waals surface area contributed by atoms with Gasteiger partial charge in [-0.15, -0.1) is 0 Å². The highest BCUT2D eigenvalue weighted by Gasteiger charge is 2.28. The molecule has 0 aliphatic rings. The quantitative estimate of drug-likeness (QED) is 0.624. The zero-order valence-electron chi connectivity index (χ0n) is 9.15. The molecule has 96 valence electrons. The fourth-order valence-corrected chi connectivity index (χ4v) is 1.29. The molecule has 0 saturated heterocycles. The molecule has 0 fully saturated rings. The zero-order valence-corrected chi connectivity index (χ0v) is 9.15. The average Bonchev–Trinajstić information content (AvgIpc) is 2.28. The summed E-state index contributed by atoms with van der Waals surface area (Å²) in [5, 5.41) is 30.2. The normalized spacial score (nSPS) is 9.83. The van der Waals surface area contributed by atoms with Crippen molar-refractivity contribution in [3.63, 3.8) is 0 Å². The topological polar surface area (TPSA) is 133 Å². The molecule has 1 rings (SSSR count). The van der Waals surface area contributed by atoms with Gasteiger partial charge in [-0.3, -0.25) is 20.2 Å². The van der Waals surface area contributed by atoms with E-state index in [1.807, 2.05) is 0 Å². The van der Waals surface area contributed by atoms with E-state index in [-0.39, 0.29) is 6.61 Å². The van der Waals surface area contributed by atoms with Crippen LogP contribution in [0.1, 0.15) is 17.3 Å². The number of ether oxygens (including phenoxy) is 1. The number of carboxylic acid groups (broad SMARTS) is 1. The second-order valence-corrected chi connectivity index (χ2v) is 3.09. The van der Waals surface area contributed by atoms with Crippen molar-refractivity contribution >= 4 is 17.3 Å². The Bertz CT molecular complexity index is 491. The monoisotopic (exact) mass is 256 g/mol. The van der Waals surface area contributed by atoms with Gasteiger partial charge in [-0.05, 0) is 6.92 Å². The number of hydrogen-bond donors (Lipinski definition) is 1. The predicted molar refractivity (Wildman–Crippen MR) is 57.9 cm³/mol. The summed E-state index contributed by atoms with van der Waals surface area (Å²) >= 11 is 0. The number of carbonyl (C=O) groups is 1. The lowest BCUT2D eigenvalue weighted by molar-refractivity contribution is -0.394. The summed E-state index contributed by atoms with van der Waals surface area (Å²) < 4.78 is 4.88. The highest BCUT2D eigenvalue weighted by atomic mass is 16.6. The minimum absolute atomic E-state index is 0.00106. The van der Waals surface area contributed by atoms with Gasteiger partial charge in [-0.2, -0.15) is 0 Å². The maximum Gasteiger partial charge on any atom is 0.340 e. The van der Waals surface area contributed by atoms with E-state index < -0.39 is 38.5 Å². The van der Waals surface area contributed by atoms with Crippen molar-refractivity contribution in [2.24, 2.45) is 0 Å². The molecule has 0 radical (unpaired) electrons. The summed E-state index contributed by atoms with van der Waals surface area (Å²) in [7, 11) is 0. The molecule has 0 heterocycles. The Morgan fingerprint density at radius 1 is 1.33 bits per heavy atom. The lowest BCUT2D eigenvalue weighted by Crippen LogP contribution is -2.07. The van der Waals surface area contributed by atoms with Crippen molar-refractivity contribution in [1.29, 1.82) is 0 Å². The Morgan fingerprint density at radius 2 is 1.94 bits per heavy atom. The average molecular weight is 256 g/mol. The van der Waals surface area contributed by atoms with Crippen molar-refractivity contribution in [2.45, 2.75) is 6.92 Å². The Hall–Kier alpha value is -2.71. The Kier molecular flexibility index (Phi) is 3.77. The van der Waals surface area contributed by atoms with Gasteiger partial charge in [0.1, 0.15) is 5.56 Å². The summed E-state index contributed by atoms with van der Waals surface area (Å²) in [6.45, 7) is 1.51. The van der Waals surface area contributed by atoms with Gasteiger partial charge in [0.15, 0.2) is 0 Å². The third-order valence-corrected chi connectivity index (χ3v) is 1.98. The molecular formula is C9H8N2O7. The number of non-ortho nitro benzene ring substituents is 1. The zero-order chi connectivity index (χ0) is 13.9. The first-order valence-electron chi connectivity index (χ1n) is 4.71. The van der Waals surface area contributed by atoms with Gasteiger partial charge in [0, 0.05) is 6.07 Å². The van der Waals surface area contributed by atoms with Crippen LogP contribution in [0.3, 0.4) is 0 Å². The molecule has 1 aromatic carbocycles. The Morgan fingerprint density at radius 3 is 2.33 bits per heavy atom. The van der Waals surface area contributed by atoms with Crippen molar-refractivity contribution in [2.75, 3.05) is 6.61 Å². The van der Waals surface area contributed by atoms with Crippen molar-refractivity contribution in [3.8, 4) is 5.75 Å². The Labute approximate surface area is 99.9 Å². The molecule has 0 spiro atoms. The van der Waals surface area contributed by atoms with Gasteiger partial charge in [0.2, 0.25) is 5.75 Å². The molecule has 9 nitrogen and oxygen atoms in total. The van der Waals surface area contributed by atoms with Crippen molar-refractivity contribution < 1.29 is 24.5 Å². The lowest BCUT2D eigenvalue weighted by atomic mass is 10.1. The van der Waals surface area contributed by atoms with Crippen LogP contribution in [0.4, 0.5) is 11.4 Å². The molecule has 0 aliphatic heterocycles. The number of benzene rings is 1. The van der Waals surface area contributed by atoms with Gasteiger partial charge in [0.25, 0.3) is 5.69 Å². The number of nitro benzene ring substituents is 2. The van der Waals surface area contributed by atoms with E-state index in [1.54, 1.807) is 0 Å². The standard InChI is InChI=1S/C9H8N2O7/c1-2-18-8-6(9(12)13)3-5(10(14)15)4-7(8)11(16)17/h3-4H,2H2,1H3,(H,12,13). The SMILES string of the molecule is CCOc1c(C(=O)O)cc([N+](=O)[O-])cc1[N+](=O)[O-]. The minimum atomic E-state index is -1.54. The molecule has 0 aliphatic carbocycles. The second kappa shape index (κ2) is 5.08. The van der Waals surface area contributed by atoms with Crippen molar-refractivity contribution in [1.82, 2.24) is 0 Å². The fraction of sp³-hybridized carbons (Fsp3) is 0.222. The Balaban J connectivity index is 3.59. The van der Waals surface area contributed by atoms with E-state index in [4.69, 9.17) is 9.84 Å². The van der Waals surface area contributed by atoms with Crippen LogP contribution in [0.25, 0.3) is 0 Å². The van der Waals surface area contributed by atoms with E-state index in [0.717, 1.165) is 6.07 Å². The fourth-order valence-electron chi connectivity index (χ4n) is 1.29. The maximum atomic E-state index is 10.9. The van der Waals surface area contributed by atoms with E-state index in [1.165, 1.54) is 6.92 Å². The van der Waals surface area contributed by atoms with E-state index in [2.05, 4.69) is 0 Å². The van der Waals surface area contributed by atoms with E-state index in [9.17, 15) is 25.0 Å². The van der Waals surface area contributed by atoms with Crippen LogP contribution in [0.2, 0.25) is 0 Å². The van der Waals surface area contributed by atoms with Crippen molar-refractivity contribution in [3.05, 3.63) is 37.9 Å². The molecule has 1 N–H and O–H groups in total. The first-order chi connectivity index (χ1) is 8.38. The van der Waals surface area contributed by atoms with Gasteiger partial charge in [0.05, 0.1) is 22.5 Å². The van der Waals surface area contributed by atoms with Crippen LogP contribution >= 0.6 is 0 Å². The van der Waals surface area contributed by atoms with Crippen LogP contribution in [0.15, 0.2) is 12.1 Å². The first-order valence-corrected chi connectivity index (χ1v) is 4.71. The number of aromatic carboxylic acids is 1. The van der Waals surface area contributed by atoms with Crippen LogP contribution in [0.5, 0.6) is 5.75 Å². The van der Waals surface area contributed by atoms with Crippen LogP contribution < -0.4 is 4.74 Å². The molecule has 9 heteroatoms. The van der Waals surface area contributed by atoms with Gasteiger partial charge in [-0.1, -0.05) is 0 Å². The molecule has 0 unspecified atom stereocenters. The van der Waals surface area contributed by atoms with Gasteiger partial charge in [-0.25, -0.2) is 4.79 Å². The summed E-state index contributed by atoms with van der Waals surface area (Å²) in [4.78, 5) is 30.4. The minimum Gasteiger partial charge on any atom is -0.487 e. The molecular weight excluding hydrogens is 248 g/mol. The van der Waals surface area contributed by atoms with E-state index >= 15 is 0 Å². The molecule has 0 saturated carbocycles. The predicted octanol–water partition coefficient (Wildman–Crippen LogP) is 1.60. The summed E-state index contributed by atoms with van der Waals surface area (Å²) in [5.74, 6) is -2.02. The largest absolute Gasteiger partial charge is 0.487 e. The summed E-state index contributed by atoms with van der Waals surface area (Å²) in [6, 6.07) is 1.39. The number of hydrogen-bond acceptors (Lipinski definition) is 6. The highest BCUT2D eigenvalue weighted by molar-refractivity contribution is 5.93. The second-order valence-electron chi connectivity index (χ2n) is 3.09. The lowest BCUT2D eigenvalue weighted by Gasteiger charge is -2.07. The molecule has 0 aromatic heterocycles. The van der Waals surface area contributed by atoms with Gasteiger partial charge < -0.3 is 9.84 Å². The van der Waals surface area contributed by atoms with Crippen LogP contribution in [-0.2, 0) is 0 Å². The number of nitro groups is 2. The van der Waals surface area contributed by atoms with Crippen LogP contribution in [0, 0.1) is 20.2 Å². The molecule has 1 aromatic rings. The maximum absolute atomic E-state index is 10.9. The van der Waals surface area contributed by atoms with Gasteiger partial charge >= 0.3 is 11.7 Å². The smallest absolute Gasteiger partial charge is 0.340 e. The number of nitrogens with zero attached hydrogens (tertiary/aromatic N) is 2. The molecule has 18 heavy (non-hydrogen) atoms. The summed E-state index contributed by atoms with van der Waals surface area (Å²) in [6.07, 6.45) is 0. The number of carboxylic acids is 1. The molecule has 0 atom stereocenters. The third-order valence-electron chi connectivity index (χ3n) is 1.98. The third kappa shape index (κ3) is 2.51. The first kappa shape index (κ1) is 13.4.